The quantitative estimate of drug-likeness (QED) is 0.244. The first-order chi connectivity index (χ1) is 20.5. The normalized spacial score (nSPS) is 16.5. The van der Waals surface area contributed by atoms with Gasteiger partial charge in [0.1, 0.15) is 10.7 Å². The second-order valence-electron chi connectivity index (χ2n) is 12.1. The summed E-state index contributed by atoms with van der Waals surface area (Å²) in [6.07, 6.45) is 6.89. The fourth-order valence-corrected chi connectivity index (χ4v) is 6.50. The number of aromatic nitrogens is 1. The third kappa shape index (κ3) is 11.4. The molecule has 1 aliphatic rings. The van der Waals surface area contributed by atoms with Crippen molar-refractivity contribution >= 4 is 35.1 Å². The van der Waals surface area contributed by atoms with E-state index in [1.54, 1.807) is 12.3 Å². The van der Waals surface area contributed by atoms with Gasteiger partial charge in [0.15, 0.2) is 6.10 Å². The summed E-state index contributed by atoms with van der Waals surface area (Å²) in [5.41, 5.74) is 1.24. The lowest BCUT2D eigenvalue weighted by atomic mass is 9.86. The van der Waals surface area contributed by atoms with Crippen LogP contribution in [0.4, 0.5) is 0 Å². The molecule has 4 atom stereocenters. The molecule has 1 aliphatic carbocycles. The van der Waals surface area contributed by atoms with Crippen molar-refractivity contribution in [2.24, 2.45) is 17.8 Å². The molecule has 3 unspecified atom stereocenters. The number of carbonyl (C=O) groups excluding carboxylic acids is 4. The van der Waals surface area contributed by atoms with Crippen LogP contribution < -0.4 is 10.6 Å². The van der Waals surface area contributed by atoms with Crippen LogP contribution in [0, 0.1) is 17.8 Å². The monoisotopic (exact) mass is 613 g/mol. The summed E-state index contributed by atoms with van der Waals surface area (Å²) in [5.74, 6) is -1.02. The highest BCUT2D eigenvalue weighted by Gasteiger charge is 2.29. The molecule has 1 saturated carbocycles. The number of amides is 2. The number of methoxy groups -OCH3 is 1. The third-order valence-corrected chi connectivity index (χ3v) is 8.99. The van der Waals surface area contributed by atoms with E-state index in [-0.39, 0.29) is 41.5 Å². The molecule has 0 radical (unpaired) electrons. The Morgan fingerprint density at radius 3 is 2.33 bits per heavy atom. The Labute approximate surface area is 259 Å². The van der Waals surface area contributed by atoms with Crippen LogP contribution in [0.2, 0.25) is 0 Å². The smallest absolute Gasteiger partial charge is 0.308 e. The standard InChI is InChI=1S/C33H47N3O6S/c1-21(2)27(35-30(38)18-25-14-10-7-11-15-25)19-29(42-23(4)37)32-36-28(20-43-32)31(39)34-26(16-22(3)33(40)41-5)17-24-12-8-6-9-13-24/h6,8-9,12-13,20-22,25-27,29H,7,10-11,14-19H2,1-5H3,(H,34,39)(H,35,38)/t22-,26?,27?,29?/m0/s1. The van der Waals surface area contributed by atoms with Gasteiger partial charge in [0.2, 0.25) is 5.91 Å². The lowest BCUT2D eigenvalue weighted by Gasteiger charge is -2.28. The number of carbonyl (C=O) groups is 4. The molecular formula is C33H47N3O6S. The van der Waals surface area contributed by atoms with Crippen molar-refractivity contribution in [2.45, 2.75) is 104 Å². The van der Waals surface area contributed by atoms with Gasteiger partial charge in [0.25, 0.3) is 5.91 Å². The lowest BCUT2D eigenvalue weighted by Crippen LogP contribution is -2.41. The third-order valence-electron chi connectivity index (χ3n) is 8.06. The van der Waals surface area contributed by atoms with Gasteiger partial charge < -0.3 is 20.1 Å². The van der Waals surface area contributed by atoms with E-state index in [1.165, 1.54) is 44.6 Å². The van der Waals surface area contributed by atoms with Gasteiger partial charge in [-0.1, -0.05) is 70.4 Å². The Balaban J connectivity index is 1.71. The lowest BCUT2D eigenvalue weighted by molar-refractivity contribution is -0.147. The predicted molar refractivity (Wildman–Crippen MR) is 166 cm³/mol. The van der Waals surface area contributed by atoms with Crippen molar-refractivity contribution < 1.29 is 28.7 Å². The topological polar surface area (TPSA) is 124 Å². The SMILES string of the molecule is COC(=O)[C@@H](C)CC(Cc1ccccc1)NC(=O)c1csc(C(CC(NC(=O)CC2CCCCC2)C(C)C)OC(C)=O)n1. The Kier molecular flexibility index (Phi) is 13.6. The maximum Gasteiger partial charge on any atom is 0.308 e. The molecule has 2 aromatic rings. The number of hydrogen-bond donors (Lipinski definition) is 2. The second-order valence-corrected chi connectivity index (χ2v) is 12.9. The molecule has 2 N–H and O–H groups in total. The number of esters is 2. The van der Waals surface area contributed by atoms with Crippen molar-refractivity contribution in [1.29, 1.82) is 0 Å². The Morgan fingerprint density at radius 2 is 1.70 bits per heavy atom. The summed E-state index contributed by atoms with van der Waals surface area (Å²) in [7, 11) is 1.35. The summed E-state index contributed by atoms with van der Waals surface area (Å²) < 4.78 is 10.6. The highest BCUT2D eigenvalue weighted by Crippen LogP contribution is 2.30. The van der Waals surface area contributed by atoms with Crippen molar-refractivity contribution in [3.63, 3.8) is 0 Å². The van der Waals surface area contributed by atoms with Crippen LogP contribution >= 0.6 is 11.3 Å². The summed E-state index contributed by atoms with van der Waals surface area (Å²) in [6, 6.07) is 9.19. The van der Waals surface area contributed by atoms with E-state index < -0.39 is 18.0 Å². The van der Waals surface area contributed by atoms with Crippen molar-refractivity contribution in [3.05, 3.63) is 52.0 Å². The van der Waals surface area contributed by atoms with Crippen LogP contribution in [0.3, 0.4) is 0 Å². The summed E-state index contributed by atoms with van der Waals surface area (Å²) in [6.45, 7) is 7.18. The molecule has 1 heterocycles. The van der Waals surface area contributed by atoms with Crippen molar-refractivity contribution in [3.8, 4) is 0 Å². The molecule has 0 bridgehead atoms. The van der Waals surface area contributed by atoms with Gasteiger partial charge in [-0.2, -0.15) is 0 Å². The van der Waals surface area contributed by atoms with Crippen LogP contribution in [-0.4, -0.2) is 47.9 Å². The van der Waals surface area contributed by atoms with E-state index in [0.29, 0.717) is 36.6 Å². The van der Waals surface area contributed by atoms with Crippen LogP contribution in [0.5, 0.6) is 0 Å². The first-order valence-electron chi connectivity index (χ1n) is 15.4. The van der Waals surface area contributed by atoms with Gasteiger partial charge in [0.05, 0.1) is 13.0 Å². The first-order valence-corrected chi connectivity index (χ1v) is 16.3. The Hall–Kier alpha value is -3.27. The van der Waals surface area contributed by atoms with Crippen LogP contribution in [0.15, 0.2) is 35.7 Å². The van der Waals surface area contributed by atoms with Crippen LogP contribution in [-0.2, 0) is 30.3 Å². The maximum atomic E-state index is 13.3. The number of ether oxygens (including phenoxy) is 2. The molecule has 0 saturated heterocycles. The van der Waals surface area contributed by atoms with E-state index in [4.69, 9.17) is 9.47 Å². The van der Waals surface area contributed by atoms with Crippen LogP contribution in [0.1, 0.15) is 106 Å². The first kappa shape index (κ1) is 34.2. The average molecular weight is 614 g/mol. The number of nitrogens with zero attached hydrogens (tertiary/aromatic N) is 1. The van der Waals surface area contributed by atoms with E-state index in [9.17, 15) is 19.2 Å². The molecule has 9 nitrogen and oxygen atoms in total. The van der Waals surface area contributed by atoms with Gasteiger partial charge in [0, 0.05) is 37.2 Å². The molecule has 0 spiro atoms. The summed E-state index contributed by atoms with van der Waals surface area (Å²) in [4.78, 5) is 55.0. The number of benzene rings is 1. The molecule has 1 fully saturated rings. The maximum absolute atomic E-state index is 13.3. The molecule has 1 aromatic carbocycles. The van der Waals surface area contributed by atoms with E-state index in [2.05, 4.69) is 15.6 Å². The predicted octanol–water partition coefficient (Wildman–Crippen LogP) is 5.79. The second kappa shape index (κ2) is 17.1. The number of nitrogens with one attached hydrogen (secondary N) is 2. The van der Waals surface area contributed by atoms with Crippen molar-refractivity contribution in [2.75, 3.05) is 7.11 Å². The number of thiazole rings is 1. The Morgan fingerprint density at radius 1 is 1.00 bits per heavy atom. The minimum atomic E-state index is -0.703. The molecule has 1 aromatic heterocycles. The van der Waals surface area contributed by atoms with Gasteiger partial charge in [-0.25, -0.2) is 4.98 Å². The number of hydrogen-bond acceptors (Lipinski definition) is 8. The van der Waals surface area contributed by atoms with E-state index >= 15 is 0 Å². The average Bonchev–Trinajstić information content (AvgIpc) is 3.47. The fraction of sp³-hybridized carbons (Fsp3) is 0.606. The van der Waals surface area contributed by atoms with Gasteiger partial charge in [-0.15, -0.1) is 11.3 Å². The highest BCUT2D eigenvalue weighted by molar-refractivity contribution is 7.09. The minimum absolute atomic E-state index is 0.0250. The molecule has 43 heavy (non-hydrogen) atoms. The van der Waals surface area contributed by atoms with E-state index in [1.807, 2.05) is 44.2 Å². The zero-order valence-corrected chi connectivity index (χ0v) is 26.9. The zero-order chi connectivity index (χ0) is 31.4. The molecule has 0 aliphatic heterocycles. The highest BCUT2D eigenvalue weighted by atomic mass is 32.1. The van der Waals surface area contributed by atoms with Crippen LogP contribution in [0.25, 0.3) is 0 Å². The molecule has 236 valence electrons. The summed E-state index contributed by atoms with van der Waals surface area (Å²) in [5, 5.41) is 8.36. The molecule has 10 heteroatoms. The van der Waals surface area contributed by atoms with Gasteiger partial charge in [-0.3, -0.25) is 19.2 Å². The van der Waals surface area contributed by atoms with Gasteiger partial charge in [-0.05, 0) is 43.1 Å². The van der Waals surface area contributed by atoms with E-state index in [0.717, 1.165) is 18.4 Å². The zero-order valence-electron chi connectivity index (χ0n) is 26.1. The minimum Gasteiger partial charge on any atom is -0.469 e. The van der Waals surface area contributed by atoms with Gasteiger partial charge >= 0.3 is 11.9 Å². The molecular weight excluding hydrogens is 566 g/mol. The molecule has 2 amide bonds. The fourth-order valence-electron chi connectivity index (χ4n) is 5.66. The summed E-state index contributed by atoms with van der Waals surface area (Å²) >= 11 is 1.25. The van der Waals surface area contributed by atoms with Crippen molar-refractivity contribution in [1.82, 2.24) is 15.6 Å². The Bertz CT molecular complexity index is 1190. The molecule has 3 rings (SSSR count). The largest absolute Gasteiger partial charge is 0.469 e. The number of rotatable bonds is 15.